The summed E-state index contributed by atoms with van der Waals surface area (Å²) in [6.07, 6.45) is 3.75. The van der Waals surface area contributed by atoms with E-state index in [1.165, 1.54) is 12.1 Å². The second kappa shape index (κ2) is 5.72. The predicted molar refractivity (Wildman–Crippen MR) is 65.0 cm³/mol. The smallest absolute Gasteiger partial charge is 0.261 e. The van der Waals surface area contributed by atoms with Crippen LogP contribution in [0.2, 0.25) is 0 Å². The third-order valence-electron chi connectivity index (χ3n) is 1.80. The lowest BCUT2D eigenvalue weighted by Crippen LogP contribution is -1.89. The van der Waals surface area contributed by atoms with E-state index in [9.17, 15) is 8.42 Å². The van der Waals surface area contributed by atoms with Gasteiger partial charge in [0.05, 0.1) is 4.90 Å². The molecule has 0 aliphatic heterocycles. The summed E-state index contributed by atoms with van der Waals surface area (Å²) in [6, 6.07) is 10.3. The Labute approximate surface area is 99.5 Å². The molecule has 2 rings (SSSR count). The second-order valence-electron chi connectivity index (χ2n) is 3.14. The van der Waals surface area contributed by atoms with E-state index in [2.05, 4.69) is 4.98 Å². The maximum absolute atomic E-state index is 10.7. The number of rotatable bonds is 1. The van der Waals surface area contributed by atoms with E-state index in [0.717, 1.165) is 5.56 Å². The van der Waals surface area contributed by atoms with Crippen LogP contribution >= 0.6 is 10.7 Å². The zero-order valence-corrected chi connectivity index (χ0v) is 10.3. The Kier molecular flexibility index (Phi) is 4.58. The van der Waals surface area contributed by atoms with Crippen LogP contribution in [0.25, 0.3) is 0 Å². The second-order valence-corrected chi connectivity index (χ2v) is 5.70. The molecule has 1 heterocycles. The van der Waals surface area contributed by atoms with Crippen molar-refractivity contribution in [1.29, 1.82) is 0 Å². The van der Waals surface area contributed by atoms with Gasteiger partial charge in [-0.1, -0.05) is 17.7 Å². The Morgan fingerprint density at radius 3 is 1.88 bits per heavy atom. The summed E-state index contributed by atoms with van der Waals surface area (Å²) in [7, 11) is 1.54. The number of aromatic nitrogens is 1. The SMILES string of the molecule is Cc1ccc(S(=O)(=O)Cl)cc1.c1cc[nH]c1. The topological polar surface area (TPSA) is 49.9 Å². The highest BCUT2D eigenvalue weighted by Gasteiger charge is 2.07. The van der Waals surface area contributed by atoms with Crippen molar-refractivity contribution < 1.29 is 8.42 Å². The molecule has 0 aliphatic rings. The molecule has 0 fully saturated rings. The predicted octanol–water partition coefficient (Wildman–Crippen LogP) is 2.94. The number of aromatic amines is 1. The van der Waals surface area contributed by atoms with Crippen LogP contribution < -0.4 is 0 Å². The fourth-order valence-corrected chi connectivity index (χ4v) is 1.75. The van der Waals surface area contributed by atoms with Crippen LogP contribution in [0.3, 0.4) is 0 Å². The summed E-state index contributed by atoms with van der Waals surface area (Å²) in [4.78, 5) is 3.00. The van der Waals surface area contributed by atoms with Gasteiger partial charge in [-0.25, -0.2) is 8.42 Å². The molecule has 3 nitrogen and oxygen atoms in total. The number of hydrogen-bond acceptors (Lipinski definition) is 2. The van der Waals surface area contributed by atoms with Crippen molar-refractivity contribution in [3.05, 3.63) is 54.4 Å². The van der Waals surface area contributed by atoms with Crippen LogP contribution in [0, 0.1) is 6.92 Å². The molecule has 0 amide bonds. The number of aryl methyl sites for hydroxylation is 1. The van der Waals surface area contributed by atoms with Crippen molar-refractivity contribution in [1.82, 2.24) is 4.98 Å². The Morgan fingerprint density at radius 2 is 1.56 bits per heavy atom. The first-order valence-corrected chi connectivity index (χ1v) is 6.90. The average molecular weight is 258 g/mol. The van der Waals surface area contributed by atoms with Crippen molar-refractivity contribution in [2.24, 2.45) is 0 Å². The summed E-state index contributed by atoms with van der Waals surface area (Å²) in [5.41, 5.74) is 1.01. The first-order chi connectivity index (χ1) is 7.50. The molecule has 0 atom stereocenters. The molecule has 2 aromatic rings. The number of halogens is 1. The number of benzene rings is 1. The largest absolute Gasteiger partial charge is 0.368 e. The van der Waals surface area contributed by atoms with Crippen molar-refractivity contribution in [2.45, 2.75) is 11.8 Å². The lowest BCUT2D eigenvalue weighted by molar-refractivity contribution is 0.609. The number of hydrogen-bond donors (Lipinski definition) is 1. The zero-order chi connectivity index (χ0) is 12.0. The minimum absolute atomic E-state index is 0.143. The van der Waals surface area contributed by atoms with Gasteiger partial charge in [0.15, 0.2) is 0 Å². The number of nitrogens with one attached hydrogen (secondary N) is 1. The van der Waals surface area contributed by atoms with Gasteiger partial charge in [-0.3, -0.25) is 0 Å². The van der Waals surface area contributed by atoms with E-state index in [1.807, 2.05) is 31.5 Å². The van der Waals surface area contributed by atoms with E-state index in [0.29, 0.717) is 0 Å². The minimum Gasteiger partial charge on any atom is -0.368 e. The van der Waals surface area contributed by atoms with E-state index in [4.69, 9.17) is 10.7 Å². The van der Waals surface area contributed by atoms with Gasteiger partial charge in [-0.05, 0) is 31.2 Å². The highest BCUT2D eigenvalue weighted by atomic mass is 35.7. The van der Waals surface area contributed by atoms with Crippen LogP contribution in [-0.2, 0) is 9.05 Å². The fraction of sp³-hybridized carbons (Fsp3) is 0.0909. The molecular weight excluding hydrogens is 246 g/mol. The molecule has 1 aromatic carbocycles. The Bertz CT molecular complexity index is 486. The van der Waals surface area contributed by atoms with Crippen molar-refractivity contribution >= 4 is 19.7 Å². The summed E-state index contributed by atoms with van der Waals surface area (Å²) in [5, 5.41) is 0. The maximum Gasteiger partial charge on any atom is 0.261 e. The van der Waals surface area contributed by atoms with Crippen LogP contribution in [0.4, 0.5) is 0 Å². The van der Waals surface area contributed by atoms with E-state index >= 15 is 0 Å². The van der Waals surface area contributed by atoms with Crippen LogP contribution in [0.5, 0.6) is 0 Å². The lowest BCUT2D eigenvalue weighted by atomic mass is 10.2. The Balaban J connectivity index is 0.000000212. The van der Waals surface area contributed by atoms with Crippen molar-refractivity contribution in [3.63, 3.8) is 0 Å². The highest BCUT2D eigenvalue weighted by molar-refractivity contribution is 8.13. The van der Waals surface area contributed by atoms with Crippen molar-refractivity contribution in [3.8, 4) is 0 Å². The summed E-state index contributed by atoms with van der Waals surface area (Å²) < 4.78 is 21.4. The van der Waals surface area contributed by atoms with E-state index < -0.39 is 9.05 Å². The van der Waals surface area contributed by atoms with Gasteiger partial charge >= 0.3 is 0 Å². The fourth-order valence-electron chi connectivity index (χ4n) is 0.979. The molecule has 16 heavy (non-hydrogen) atoms. The standard InChI is InChI=1S/C7H7ClO2S.C4H5N/c1-6-2-4-7(5-3-6)11(8,9)10;1-2-4-5-3-1/h2-5H,1H3;1-5H. The third kappa shape index (κ3) is 4.51. The van der Waals surface area contributed by atoms with Gasteiger partial charge in [-0.15, -0.1) is 0 Å². The molecule has 0 unspecified atom stereocenters. The maximum atomic E-state index is 10.7. The molecule has 0 bridgehead atoms. The molecule has 0 saturated heterocycles. The quantitative estimate of drug-likeness (QED) is 0.799. The van der Waals surface area contributed by atoms with Gasteiger partial charge in [0, 0.05) is 23.1 Å². The van der Waals surface area contributed by atoms with E-state index in [-0.39, 0.29) is 4.90 Å². The van der Waals surface area contributed by atoms with Gasteiger partial charge < -0.3 is 4.98 Å². The molecule has 0 aliphatic carbocycles. The first kappa shape index (κ1) is 12.8. The molecular formula is C11H12ClNO2S. The normalized spacial score (nSPS) is 10.4. The minimum atomic E-state index is -3.55. The van der Waals surface area contributed by atoms with E-state index in [1.54, 1.807) is 12.1 Å². The molecule has 1 N–H and O–H groups in total. The van der Waals surface area contributed by atoms with Crippen LogP contribution in [0.1, 0.15) is 5.56 Å². The Morgan fingerprint density at radius 1 is 1.06 bits per heavy atom. The summed E-state index contributed by atoms with van der Waals surface area (Å²) >= 11 is 0. The highest BCUT2D eigenvalue weighted by Crippen LogP contribution is 2.14. The molecule has 1 aromatic heterocycles. The molecule has 86 valence electrons. The van der Waals surface area contributed by atoms with Gasteiger partial charge in [-0.2, -0.15) is 0 Å². The van der Waals surface area contributed by atoms with Crippen LogP contribution in [-0.4, -0.2) is 13.4 Å². The molecule has 5 heteroatoms. The third-order valence-corrected chi connectivity index (χ3v) is 3.17. The zero-order valence-electron chi connectivity index (χ0n) is 8.72. The van der Waals surface area contributed by atoms with Crippen LogP contribution in [0.15, 0.2) is 53.7 Å². The molecule has 0 radical (unpaired) electrons. The average Bonchev–Trinajstić information content (AvgIpc) is 2.74. The summed E-state index contributed by atoms with van der Waals surface area (Å²) in [6.45, 7) is 1.88. The molecule has 0 saturated carbocycles. The lowest BCUT2D eigenvalue weighted by Gasteiger charge is -1.94. The van der Waals surface area contributed by atoms with Crippen molar-refractivity contribution in [2.75, 3.05) is 0 Å². The van der Waals surface area contributed by atoms with Gasteiger partial charge in [0.25, 0.3) is 9.05 Å². The first-order valence-electron chi connectivity index (χ1n) is 4.59. The van der Waals surface area contributed by atoms with Gasteiger partial charge in [0.1, 0.15) is 0 Å². The Hall–Kier alpha value is -1.26. The van der Waals surface area contributed by atoms with Gasteiger partial charge in [0.2, 0.25) is 0 Å². The summed E-state index contributed by atoms with van der Waals surface area (Å²) in [5.74, 6) is 0. The monoisotopic (exact) mass is 257 g/mol. The molecule has 0 spiro atoms. The number of H-pyrrole nitrogens is 1.